The molecule has 1 aliphatic carbocycles. The fourth-order valence-corrected chi connectivity index (χ4v) is 2.64. The van der Waals surface area contributed by atoms with E-state index in [4.69, 9.17) is 0 Å². The molecule has 2 unspecified atom stereocenters. The average Bonchev–Trinajstić information content (AvgIpc) is 2.18. The first kappa shape index (κ1) is 13.0. The van der Waals surface area contributed by atoms with E-state index in [1.54, 1.807) is 0 Å². The first-order valence-corrected chi connectivity index (χ1v) is 7.20. The highest BCUT2D eigenvalue weighted by Gasteiger charge is 2.19. The van der Waals surface area contributed by atoms with E-state index in [-0.39, 0.29) is 5.91 Å². The Hall–Kier alpha value is -0.0500. The van der Waals surface area contributed by atoms with Crippen LogP contribution in [0.25, 0.3) is 0 Å². The molecule has 0 spiro atoms. The Morgan fingerprint density at radius 1 is 1.40 bits per heavy atom. The van der Waals surface area contributed by atoms with Crippen LogP contribution in [0.5, 0.6) is 0 Å². The molecule has 0 aliphatic heterocycles. The van der Waals surface area contributed by atoms with Crippen molar-refractivity contribution in [3.63, 3.8) is 0 Å². The lowest BCUT2D eigenvalue weighted by atomic mass is 9.87. The Labute approximate surface area is 101 Å². The van der Waals surface area contributed by atoms with Gasteiger partial charge in [0.1, 0.15) is 0 Å². The summed E-state index contributed by atoms with van der Waals surface area (Å²) < 4.78 is 0. The van der Waals surface area contributed by atoms with Gasteiger partial charge < -0.3 is 5.32 Å². The van der Waals surface area contributed by atoms with Gasteiger partial charge in [-0.2, -0.15) is 0 Å². The zero-order valence-corrected chi connectivity index (χ0v) is 11.2. The van der Waals surface area contributed by atoms with E-state index in [0.717, 1.165) is 24.1 Å². The number of alkyl halides is 1. The van der Waals surface area contributed by atoms with Gasteiger partial charge in [-0.05, 0) is 31.6 Å². The van der Waals surface area contributed by atoms with Gasteiger partial charge in [-0.25, -0.2) is 0 Å². The number of hydrogen-bond donors (Lipinski definition) is 1. The predicted molar refractivity (Wildman–Crippen MR) is 67.2 cm³/mol. The van der Waals surface area contributed by atoms with E-state index in [2.05, 4.69) is 28.2 Å². The summed E-state index contributed by atoms with van der Waals surface area (Å²) in [7, 11) is 0. The number of carbonyl (C=O) groups is 1. The van der Waals surface area contributed by atoms with Crippen LogP contribution in [0, 0.1) is 5.92 Å². The molecule has 1 fully saturated rings. The average molecular weight is 276 g/mol. The highest BCUT2D eigenvalue weighted by Crippen LogP contribution is 2.23. The molecule has 0 aromatic carbocycles. The lowest BCUT2D eigenvalue weighted by molar-refractivity contribution is -0.122. The van der Waals surface area contributed by atoms with Crippen molar-refractivity contribution >= 4 is 21.8 Å². The molecule has 1 aliphatic rings. The summed E-state index contributed by atoms with van der Waals surface area (Å²) in [6.45, 7) is 2.28. The van der Waals surface area contributed by atoms with Crippen LogP contribution in [-0.2, 0) is 4.79 Å². The molecule has 2 nitrogen and oxygen atoms in total. The van der Waals surface area contributed by atoms with Gasteiger partial charge in [-0.1, -0.05) is 35.7 Å². The molecule has 0 bridgehead atoms. The summed E-state index contributed by atoms with van der Waals surface area (Å²) in [6.07, 6.45) is 7.73. The molecule has 0 aromatic heterocycles. The molecule has 2 atom stereocenters. The number of amides is 1. The van der Waals surface area contributed by atoms with Gasteiger partial charge in [0.15, 0.2) is 0 Å². The summed E-state index contributed by atoms with van der Waals surface area (Å²) in [5.41, 5.74) is 0. The van der Waals surface area contributed by atoms with Gasteiger partial charge in [-0.15, -0.1) is 0 Å². The number of unbranched alkanes of at least 4 members (excludes halogenated alkanes) is 1. The number of rotatable bonds is 5. The van der Waals surface area contributed by atoms with Crippen LogP contribution in [0.15, 0.2) is 0 Å². The minimum atomic E-state index is 0.245. The fourth-order valence-electron chi connectivity index (χ4n) is 2.25. The Morgan fingerprint density at radius 3 is 2.87 bits per heavy atom. The Bertz CT molecular complexity index is 196. The Balaban J connectivity index is 2.13. The smallest absolute Gasteiger partial charge is 0.220 e. The van der Waals surface area contributed by atoms with Gasteiger partial charge in [0.2, 0.25) is 5.91 Å². The number of nitrogens with one attached hydrogen (secondary N) is 1. The SMILES string of the molecule is CC1CCCC(NC(=O)CCCCBr)C1. The third-order valence-electron chi connectivity index (χ3n) is 3.09. The molecule has 15 heavy (non-hydrogen) atoms. The van der Waals surface area contributed by atoms with Crippen molar-refractivity contribution in [2.24, 2.45) is 5.92 Å². The zero-order valence-electron chi connectivity index (χ0n) is 9.60. The maximum atomic E-state index is 11.6. The van der Waals surface area contributed by atoms with E-state index in [1.807, 2.05) is 0 Å². The molecule has 3 heteroatoms. The van der Waals surface area contributed by atoms with Crippen molar-refractivity contribution in [2.45, 2.75) is 57.9 Å². The van der Waals surface area contributed by atoms with Crippen LogP contribution in [-0.4, -0.2) is 17.3 Å². The lowest BCUT2D eigenvalue weighted by Crippen LogP contribution is -2.37. The molecule has 1 N–H and O–H groups in total. The van der Waals surface area contributed by atoms with Crippen LogP contribution >= 0.6 is 15.9 Å². The minimum Gasteiger partial charge on any atom is -0.353 e. The van der Waals surface area contributed by atoms with Gasteiger partial charge in [0.25, 0.3) is 0 Å². The van der Waals surface area contributed by atoms with Crippen molar-refractivity contribution in [3.05, 3.63) is 0 Å². The van der Waals surface area contributed by atoms with Crippen LogP contribution < -0.4 is 5.32 Å². The highest BCUT2D eigenvalue weighted by molar-refractivity contribution is 9.09. The fraction of sp³-hybridized carbons (Fsp3) is 0.917. The monoisotopic (exact) mass is 275 g/mol. The van der Waals surface area contributed by atoms with Crippen molar-refractivity contribution < 1.29 is 4.79 Å². The third kappa shape index (κ3) is 5.55. The summed E-state index contributed by atoms with van der Waals surface area (Å²) >= 11 is 3.37. The van der Waals surface area contributed by atoms with E-state index < -0.39 is 0 Å². The van der Waals surface area contributed by atoms with Gasteiger partial charge in [0, 0.05) is 17.8 Å². The standard InChI is InChI=1S/C12H22BrNO/c1-10-5-4-6-11(9-10)14-12(15)7-2-3-8-13/h10-11H,2-9H2,1H3,(H,14,15). The van der Waals surface area contributed by atoms with Crippen LogP contribution in [0.2, 0.25) is 0 Å². The topological polar surface area (TPSA) is 29.1 Å². The largest absolute Gasteiger partial charge is 0.353 e. The summed E-state index contributed by atoms with van der Waals surface area (Å²) in [5, 5.41) is 4.15. The quantitative estimate of drug-likeness (QED) is 0.606. The zero-order chi connectivity index (χ0) is 11.1. The molecule has 88 valence electrons. The van der Waals surface area contributed by atoms with Crippen LogP contribution in [0.4, 0.5) is 0 Å². The summed E-state index contributed by atoms with van der Waals surface area (Å²) in [4.78, 5) is 11.6. The van der Waals surface area contributed by atoms with Gasteiger partial charge in [-0.3, -0.25) is 4.79 Å². The number of carbonyl (C=O) groups excluding carboxylic acids is 1. The van der Waals surface area contributed by atoms with Crippen molar-refractivity contribution in [3.8, 4) is 0 Å². The normalized spacial score (nSPS) is 26.3. The maximum Gasteiger partial charge on any atom is 0.220 e. The van der Waals surface area contributed by atoms with Crippen molar-refractivity contribution in [1.29, 1.82) is 0 Å². The highest BCUT2D eigenvalue weighted by atomic mass is 79.9. The molecule has 0 radical (unpaired) electrons. The summed E-state index contributed by atoms with van der Waals surface area (Å²) in [5.74, 6) is 1.03. The van der Waals surface area contributed by atoms with Crippen LogP contribution in [0.1, 0.15) is 51.9 Å². The molecule has 1 rings (SSSR count). The molecule has 0 aromatic rings. The number of hydrogen-bond acceptors (Lipinski definition) is 1. The minimum absolute atomic E-state index is 0.245. The Kier molecular flexibility index (Phi) is 6.30. The molecular weight excluding hydrogens is 254 g/mol. The maximum absolute atomic E-state index is 11.6. The van der Waals surface area contributed by atoms with Gasteiger partial charge in [0.05, 0.1) is 0 Å². The predicted octanol–water partition coefficient (Wildman–Crippen LogP) is 3.25. The first-order chi connectivity index (χ1) is 7.22. The van der Waals surface area contributed by atoms with E-state index in [1.165, 1.54) is 25.7 Å². The second-order valence-electron chi connectivity index (χ2n) is 4.68. The molecule has 1 saturated carbocycles. The van der Waals surface area contributed by atoms with Crippen LogP contribution in [0.3, 0.4) is 0 Å². The second-order valence-corrected chi connectivity index (χ2v) is 5.48. The number of halogens is 1. The Morgan fingerprint density at radius 2 is 2.20 bits per heavy atom. The van der Waals surface area contributed by atoms with E-state index in [0.29, 0.717) is 12.5 Å². The van der Waals surface area contributed by atoms with Crippen molar-refractivity contribution in [1.82, 2.24) is 5.32 Å². The second kappa shape index (κ2) is 7.26. The van der Waals surface area contributed by atoms with E-state index >= 15 is 0 Å². The summed E-state index contributed by atoms with van der Waals surface area (Å²) in [6, 6.07) is 0.449. The molecule has 1 amide bonds. The van der Waals surface area contributed by atoms with Gasteiger partial charge >= 0.3 is 0 Å². The molecule has 0 saturated heterocycles. The van der Waals surface area contributed by atoms with E-state index in [9.17, 15) is 4.79 Å². The first-order valence-electron chi connectivity index (χ1n) is 6.07. The third-order valence-corrected chi connectivity index (χ3v) is 3.65. The lowest BCUT2D eigenvalue weighted by Gasteiger charge is -2.27. The molecule has 0 heterocycles. The van der Waals surface area contributed by atoms with Crippen molar-refractivity contribution in [2.75, 3.05) is 5.33 Å². The molecular formula is C12H22BrNO.